The lowest BCUT2D eigenvalue weighted by atomic mass is 10.2. The van der Waals surface area contributed by atoms with Crippen LogP contribution in [-0.4, -0.2) is 14.8 Å². The molecule has 4 nitrogen and oxygen atoms in total. The Bertz CT molecular complexity index is 722. The molecule has 0 saturated heterocycles. The van der Waals surface area contributed by atoms with Gasteiger partial charge < -0.3 is 5.32 Å². The third kappa shape index (κ3) is 3.20. The van der Waals surface area contributed by atoms with Crippen molar-refractivity contribution in [1.29, 1.82) is 0 Å². The first-order valence-electron chi connectivity index (χ1n) is 6.31. The average molecular weight is 339 g/mol. The number of nitrogens with one attached hydrogen (secondary N) is 1. The van der Waals surface area contributed by atoms with Crippen LogP contribution in [0.4, 0.5) is 5.69 Å². The van der Waals surface area contributed by atoms with Crippen molar-refractivity contribution in [2.75, 3.05) is 5.32 Å². The molecule has 21 heavy (non-hydrogen) atoms. The third-order valence-electron chi connectivity index (χ3n) is 3.02. The van der Waals surface area contributed by atoms with Crippen LogP contribution >= 0.6 is 34.5 Å². The molecule has 1 atom stereocenters. The van der Waals surface area contributed by atoms with E-state index >= 15 is 0 Å². The van der Waals surface area contributed by atoms with Crippen LogP contribution in [-0.2, 0) is 0 Å². The molecular formula is C14H12Cl2N4S. The van der Waals surface area contributed by atoms with Crippen molar-refractivity contribution in [1.82, 2.24) is 14.8 Å². The van der Waals surface area contributed by atoms with E-state index in [1.807, 2.05) is 37.4 Å². The number of pyridine rings is 1. The van der Waals surface area contributed by atoms with Crippen LogP contribution in [0.3, 0.4) is 0 Å². The maximum Gasteiger partial charge on any atom is 0.153 e. The summed E-state index contributed by atoms with van der Waals surface area (Å²) in [7, 11) is 0. The number of hydrogen-bond acceptors (Lipinski definition) is 4. The lowest BCUT2D eigenvalue weighted by Gasteiger charge is -2.14. The number of hydrogen-bond donors (Lipinski definition) is 1. The highest BCUT2D eigenvalue weighted by Crippen LogP contribution is 2.35. The first-order chi connectivity index (χ1) is 10.1. The first-order valence-corrected chi connectivity index (χ1v) is 7.88. The molecule has 0 spiro atoms. The maximum absolute atomic E-state index is 6.17. The molecule has 0 aliphatic heterocycles. The van der Waals surface area contributed by atoms with Gasteiger partial charge in [-0.2, -0.15) is 5.10 Å². The van der Waals surface area contributed by atoms with Crippen LogP contribution < -0.4 is 5.32 Å². The fraction of sp³-hybridized carbons (Fsp3) is 0.143. The highest BCUT2D eigenvalue weighted by atomic mass is 35.5. The van der Waals surface area contributed by atoms with Crippen LogP contribution in [0.5, 0.6) is 0 Å². The van der Waals surface area contributed by atoms with Crippen molar-refractivity contribution in [3.05, 3.63) is 57.1 Å². The summed E-state index contributed by atoms with van der Waals surface area (Å²) in [5.74, 6) is 0.773. The van der Waals surface area contributed by atoms with Gasteiger partial charge in [-0.25, -0.2) is 9.67 Å². The second-order valence-corrected chi connectivity index (χ2v) is 6.79. The average Bonchev–Trinajstić information content (AvgIpc) is 3.09. The van der Waals surface area contributed by atoms with Crippen molar-refractivity contribution in [3.63, 3.8) is 0 Å². The van der Waals surface area contributed by atoms with Gasteiger partial charge in [0, 0.05) is 18.0 Å². The zero-order valence-electron chi connectivity index (χ0n) is 11.1. The summed E-state index contributed by atoms with van der Waals surface area (Å²) in [6.45, 7) is 2.03. The predicted molar refractivity (Wildman–Crippen MR) is 87.7 cm³/mol. The van der Waals surface area contributed by atoms with Gasteiger partial charge >= 0.3 is 0 Å². The lowest BCUT2D eigenvalue weighted by Crippen LogP contribution is -2.07. The van der Waals surface area contributed by atoms with E-state index in [-0.39, 0.29) is 6.04 Å². The van der Waals surface area contributed by atoms with Gasteiger partial charge in [0.05, 0.1) is 26.6 Å². The van der Waals surface area contributed by atoms with Crippen molar-refractivity contribution >= 4 is 40.2 Å². The van der Waals surface area contributed by atoms with E-state index in [4.69, 9.17) is 23.2 Å². The van der Waals surface area contributed by atoms with E-state index in [0.29, 0.717) is 8.67 Å². The minimum atomic E-state index is 0.0543. The van der Waals surface area contributed by atoms with Crippen LogP contribution in [0.25, 0.3) is 5.82 Å². The molecule has 0 saturated carbocycles. The van der Waals surface area contributed by atoms with Gasteiger partial charge in [-0.1, -0.05) is 23.2 Å². The minimum Gasteiger partial charge on any atom is -0.377 e. The van der Waals surface area contributed by atoms with E-state index < -0.39 is 0 Å². The molecule has 0 radical (unpaired) electrons. The van der Waals surface area contributed by atoms with Crippen LogP contribution in [0, 0.1) is 0 Å². The van der Waals surface area contributed by atoms with Gasteiger partial charge in [-0.05, 0) is 31.2 Å². The Hall–Kier alpha value is -1.56. The second-order valence-electron chi connectivity index (χ2n) is 4.50. The Balaban J connectivity index is 1.74. The third-order valence-corrected chi connectivity index (χ3v) is 4.54. The Labute approximate surface area is 136 Å². The highest BCUT2D eigenvalue weighted by Gasteiger charge is 2.13. The fourth-order valence-electron chi connectivity index (χ4n) is 1.99. The molecular weight excluding hydrogens is 327 g/mol. The number of thiophene rings is 1. The molecule has 1 N–H and O–H groups in total. The van der Waals surface area contributed by atoms with E-state index in [1.54, 1.807) is 17.1 Å². The summed E-state index contributed by atoms with van der Waals surface area (Å²) < 4.78 is 3.11. The van der Waals surface area contributed by atoms with Crippen molar-refractivity contribution < 1.29 is 0 Å². The predicted octanol–water partition coefficient (Wildman–Crippen LogP) is 4.81. The standard InChI is InChI=1S/C14H12Cl2N4S/c1-9(11-7-12(15)21-14(11)16)19-10-3-4-13(17-8-10)20-6-2-5-18-20/h2-9,19H,1H3. The van der Waals surface area contributed by atoms with Crippen LogP contribution in [0.2, 0.25) is 8.67 Å². The molecule has 7 heteroatoms. The fourth-order valence-corrected chi connectivity index (χ4v) is 3.63. The summed E-state index contributed by atoms with van der Waals surface area (Å²) in [5, 5.41) is 7.50. The summed E-state index contributed by atoms with van der Waals surface area (Å²) in [6, 6.07) is 7.67. The van der Waals surface area contributed by atoms with Crippen LogP contribution in [0.15, 0.2) is 42.9 Å². The van der Waals surface area contributed by atoms with Gasteiger partial charge in [-0.3, -0.25) is 0 Å². The molecule has 3 rings (SSSR count). The zero-order valence-corrected chi connectivity index (χ0v) is 13.5. The van der Waals surface area contributed by atoms with Crippen molar-refractivity contribution in [2.45, 2.75) is 13.0 Å². The summed E-state index contributed by atoms with van der Waals surface area (Å²) in [4.78, 5) is 4.38. The molecule has 1 unspecified atom stereocenters. The molecule has 0 aromatic carbocycles. The Kier molecular flexibility index (Phi) is 4.14. The Morgan fingerprint density at radius 3 is 2.76 bits per heavy atom. The summed E-state index contributed by atoms with van der Waals surface area (Å²) >= 11 is 13.5. The minimum absolute atomic E-state index is 0.0543. The monoisotopic (exact) mass is 338 g/mol. The van der Waals surface area contributed by atoms with Crippen molar-refractivity contribution in [2.24, 2.45) is 0 Å². The number of rotatable bonds is 4. The van der Waals surface area contributed by atoms with Crippen LogP contribution in [0.1, 0.15) is 18.5 Å². The summed E-state index contributed by atoms with van der Waals surface area (Å²) in [6.07, 6.45) is 5.35. The van der Waals surface area contributed by atoms with Gasteiger partial charge in [0.1, 0.15) is 0 Å². The van der Waals surface area contributed by atoms with Gasteiger partial charge in [-0.15, -0.1) is 11.3 Å². The molecule has 0 aliphatic carbocycles. The molecule has 3 aromatic rings. The second kappa shape index (κ2) is 6.05. The van der Waals surface area contributed by atoms with E-state index in [9.17, 15) is 0 Å². The SMILES string of the molecule is CC(Nc1ccc(-n2cccn2)nc1)c1cc(Cl)sc1Cl. The maximum atomic E-state index is 6.17. The van der Waals surface area contributed by atoms with E-state index in [2.05, 4.69) is 15.4 Å². The van der Waals surface area contributed by atoms with Gasteiger partial charge in [0.2, 0.25) is 0 Å². The lowest BCUT2D eigenvalue weighted by molar-refractivity contribution is 0.843. The molecule has 3 heterocycles. The molecule has 0 fully saturated rings. The highest BCUT2D eigenvalue weighted by molar-refractivity contribution is 7.20. The molecule has 108 valence electrons. The van der Waals surface area contributed by atoms with E-state index in [0.717, 1.165) is 17.1 Å². The van der Waals surface area contributed by atoms with E-state index in [1.165, 1.54) is 11.3 Å². The van der Waals surface area contributed by atoms with Gasteiger partial charge in [0.25, 0.3) is 0 Å². The number of anilines is 1. The zero-order chi connectivity index (χ0) is 14.8. The Morgan fingerprint density at radius 2 is 2.19 bits per heavy atom. The largest absolute Gasteiger partial charge is 0.377 e. The molecule has 0 aliphatic rings. The summed E-state index contributed by atoms with van der Waals surface area (Å²) in [5.41, 5.74) is 1.90. The number of nitrogens with zero attached hydrogens (tertiary/aromatic N) is 3. The Morgan fingerprint density at radius 1 is 1.33 bits per heavy atom. The quantitative estimate of drug-likeness (QED) is 0.742. The smallest absolute Gasteiger partial charge is 0.153 e. The molecule has 0 bridgehead atoms. The number of aromatic nitrogens is 3. The van der Waals surface area contributed by atoms with Gasteiger partial charge in [0.15, 0.2) is 5.82 Å². The first kappa shape index (κ1) is 14.4. The molecule has 0 amide bonds. The molecule has 3 aromatic heterocycles. The topological polar surface area (TPSA) is 42.7 Å². The number of halogens is 2. The normalized spacial score (nSPS) is 12.3. The van der Waals surface area contributed by atoms with Crippen molar-refractivity contribution in [3.8, 4) is 5.82 Å².